The second kappa shape index (κ2) is 13.9. The molecule has 49 heavy (non-hydrogen) atoms. The molecule has 0 spiro atoms. The van der Waals surface area contributed by atoms with Gasteiger partial charge in [0.25, 0.3) is 11.5 Å². The Morgan fingerprint density at radius 3 is 2.27 bits per heavy atom. The Bertz CT molecular complexity index is 1990. The number of nitrogens with one attached hydrogen (secondary N) is 2. The molecule has 1 fully saturated rings. The minimum Gasteiger partial charge on any atom is -0.465 e. The summed E-state index contributed by atoms with van der Waals surface area (Å²) in [6.45, 7) is 1.72. The number of anilines is 3. The molecule has 1 saturated heterocycles. The second-order valence-electron chi connectivity index (χ2n) is 12.0. The molecule has 252 valence electrons. The number of ether oxygens (including phenoxy) is 2. The topological polar surface area (TPSA) is 136 Å². The summed E-state index contributed by atoms with van der Waals surface area (Å²) < 4.78 is 26.0. The first kappa shape index (κ1) is 33.4. The van der Waals surface area contributed by atoms with Gasteiger partial charge in [0, 0.05) is 59.1 Å². The fraction of sp³-hybridized carbons (Fsp3) is 0.250. The molecule has 13 heteroatoms. The minimum absolute atomic E-state index is 0.0234. The number of rotatable bonds is 8. The standard InChI is InChI=1S/C36H32ClFN4O7/c1-48-35(46)22-12-23(36(47)49-2)14-25(13-22)39-34(45)21-9-10-31(29(15-21)40-32(43)16-26-27(37)5-3-6-28(26)38)41-17-20-11-24(19-41)30-7-4-8-33(44)42(30)18-20/h3-10,12-15,20,24H,11,16-19H2,1-2H3,(H,39,45)(H,40,43)/t20-,24+/m1/s1. The van der Waals surface area contributed by atoms with Gasteiger partial charge in [0.1, 0.15) is 5.82 Å². The molecular weight excluding hydrogens is 655 g/mol. The number of amides is 2. The van der Waals surface area contributed by atoms with E-state index in [-0.39, 0.29) is 56.8 Å². The van der Waals surface area contributed by atoms with Crippen molar-refractivity contribution in [3.8, 4) is 0 Å². The third-order valence-electron chi connectivity index (χ3n) is 8.79. The molecule has 2 atom stereocenters. The number of halogens is 2. The van der Waals surface area contributed by atoms with Gasteiger partial charge in [-0.1, -0.05) is 23.7 Å². The lowest BCUT2D eigenvalue weighted by Gasteiger charge is -2.44. The van der Waals surface area contributed by atoms with Crippen LogP contribution in [0.25, 0.3) is 0 Å². The number of esters is 2. The predicted octanol–water partition coefficient (Wildman–Crippen LogP) is 5.27. The number of methoxy groups -OCH3 is 2. The number of benzene rings is 3. The SMILES string of the molecule is COC(=O)c1cc(NC(=O)c2ccc(N3C[C@H]4C[C@@H](C3)c3cccc(=O)n3C4)c(NC(=O)Cc3c(F)cccc3Cl)c2)cc(C(=O)OC)c1. The minimum atomic E-state index is -0.718. The summed E-state index contributed by atoms with van der Waals surface area (Å²) in [6.07, 6.45) is 0.561. The molecule has 2 aliphatic heterocycles. The van der Waals surface area contributed by atoms with E-state index in [4.69, 9.17) is 21.1 Å². The van der Waals surface area contributed by atoms with Crippen LogP contribution in [-0.4, -0.2) is 55.6 Å². The fourth-order valence-electron chi connectivity index (χ4n) is 6.58. The largest absolute Gasteiger partial charge is 0.465 e. The van der Waals surface area contributed by atoms with E-state index in [2.05, 4.69) is 15.5 Å². The average molecular weight is 687 g/mol. The summed E-state index contributed by atoms with van der Waals surface area (Å²) in [5.74, 6) is -2.96. The number of carbonyl (C=O) groups is 4. The monoisotopic (exact) mass is 686 g/mol. The second-order valence-corrected chi connectivity index (χ2v) is 12.4. The third-order valence-corrected chi connectivity index (χ3v) is 9.14. The lowest BCUT2D eigenvalue weighted by molar-refractivity contribution is -0.115. The molecule has 6 rings (SSSR count). The molecule has 0 aliphatic carbocycles. The van der Waals surface area contributed by atoms with E-state index in [9.17, 15) is 28.4 Å². The van der Waals surface area contributed by atoms with Gasteiger partial charge in [-0.3, -0.25) is 14.4 Å². The van der Waals surface area contributed by atoms with Crippen LogP contribution in [0.1, 0.15) is 54.7 Å². The van der Waals surface area contributed by atoms with Gasteiger partial charge in [0.05, 0.1) is 43.1 Å². The van der Waals surface area contributed by atoms with Crippen LogP contribution in [-0.2, 0) is 27.2 Å². The highest BCUT2D eigenvalue weighted by Gasteiger charge is 2.35. The van der Waals surface area contributed by atoms with Crippen LogP contribution in [0.4, 0.5) is 21.5 Å². The Hall–Kier alpha value is -5.49. The van der Waals surface area contributed by atoms with Crippen molar-refractivity contribution in [2.75, 3.05) is 42.8 Å². The van der Waals surface area contributed by atoms with Crippen molar-refractivity contribution >= 4 is 52.4 Å². The van der Waals surface area contributed by atoms with Crippen molar-refractivity contribution in [1.82, 2.24) is 4.57 Å². The molecule has 1 aromatic heterocycles. The van der Waals surface area contributed by atoms with Crippen molar-refractivity contribution in [2.45, 2.75) is 25.3 Å². The van der Waals surface area contributed by atoms with E-state index in [0.717, 1.165) is 12.1 Å². The summed E-state index contributed by atoms with van der Waals surface area (Å²) in [6, 6.07) is 18.3. The zero-order chi connectivity index (χ0) is 34.8. The number of fused-ring (bicyclic) bond motifs is 4. The third kappa shape index (κ3) is 7.05. The molecule has 2 amide bonds. The normalized spacial score (nSPS) is 16.3. The van der Waals surface area contributed by atoms with Gasteiger partial charge in [-0.05, 0) is 66.9 Å². The summed E-state index contributed by atoms with van der Waals surface area (Å²) in [7, 11) is 2.38. The number of hydrogen-bond donors (Lipinski definition) is 2. The van der Waals surface area contributed by atoms with Crippen LogP contribution in [0, 0.1) is 11.7 Å². The van der Waals surface area contributed by atoms with Gasteiger partial charge in [0.2, 0.25) is 5.91 Å². The Labute approximate surface area is 285 Å². The highest BCUT2D eigenvalue weighted by Crippen LogP contribution is 2.39. The first-order valence-corrected chi connectivity index (χ1v) is 15.9. The smallest absolute Gasteiger partial charge is 0.337 e. The summed E-state index contributed by atoms with van der Waals surface area (Å²) in [5.41, 5.74) is 2.25. The van der Waals surface area contributed by atoms with Gasteiger partial charge < -0.3 is 29.6 Å². The van der Waals surface area contributed by atoms with Crippen LogP contribution in [0.2, 0.25) is 5.02 Å². The van der Waals surface area contributed by atoms with Gasteiger partial charge in [-0.25, -0.2) is 14.0 Å². The Morgan fingerprint density at radius 2 is 1.57 bits per heavy atom. The van der Waals surface area contributed by atoms with Crippen molar-refractivity contribution in [3.63, 3.8) is 0 Å². The molecule has 2 bridgehead atoms. The molecule has 2 N–H and O–H groups in total. The first-order valence-electron chi connectivity index (χ1n) is 15.5. The lowest BCUT2D eigenvalue weighted by Crippen LogP contribution is -2.47. The van der Waals surface area contributed by atoms with Crippen LogP contribution in [0.5, 0.6) is 0 Å². The molecule has 0 saturated carbocycles. The first-order chi connectivity index (χ1) is 23.5. The quantitative estimate of drug-likeness (QED) is 0.239. The molecule has 11 nitrogen and oxygen atoms in total. The number of hydrogen-bond acceptors (Lipinski definition) is 8. The van der Waals surface area contributed by atoms with Gasteiger partial charge in [-0.15, -0.1) is 0 Å². The van der Waals surface area contributed by atoms with Crippen LogP contribution in [0.3, 0.4) is 0 Å². The molecular formula is C36H32ClFN4O7. The van der Waals surface area contributed by atoms with Crippen molar-refractivity contribution in [2.24, 2.45) is 5.92 Å². The lowest BCUT2D eigenvalue weighted by atomic mass is 9.83. The zero-order valence-corrected chi connectivity index (χ0v) is 27.4. The Kier molecular flexibility index (Phi) is 9.50. The molecule has 4 aromatic rings. The predicted molar refractivity (Wildman–Crippen MR) is 181 cm³/mol. The molecule has 0 radical (unpaired) electrons. The number of carbonyl (C=O) groups excluding carboxylic acids is 4. The summed E-state index contributed by atoms with van der Waals surface area (Å²) >= 11 is 6.20. The number of piperidine rings is 1. The van der Waals surface area contributed by atoms with E-state index >= 15 is 0 Å². The van der Waals surface area contributed by atoms with E-state index in [1.165, 1.54) is 56.7 Å². The molecule has 3 aromatic carbocycles. The number of aromatic nitrogens is 1. The maximum atomic E-state index is 14.6. The number of nitrogens with zero attached hydrogens (tertiary/aromatic N) is 2. The Balaban J connectivity index is 1.33. The van der Waals surface area contributed by atoms with E-state index in [1.54, 1.807) is 24.3 Å². The Morgan fingerprint density at radius 1 is 0.857 bits per heavy atom. The fourth-order valence-corrected chi connectivity index (χ4v) is 6.81. The van der Waals surface area contributed by atoms with E-state index in [0.29, 0.717) is 31.0 Å². The zero-order valence-electron chi connectivity index (χ0n) is 26.6. The van der Waals surface area contributed by atoms with Crippen LogP contribution < -0.4 is 21.1 Å². The summed E-state index contributed by atoms with van der Waals surface area (Å²) in [5, 5.41) is 5.68. The molecule has 3 heterocycles. The maximum absolute atomic E-state index is 14.6. The maximum Gasteiger partial charge on any atom is 0.337 e. The number of pyridine rings is 1. The van der Waals surface area contributed by atoms with E-state index in [1.807, 2.05) is 10.6 Å². The van der Waals surface area contributed by atoms with Gasteiger partial charge in [0.15, 0.2) is 0 Å². The molecule has 2 aliphatic rings. The van der Waals surface area contributed by atoms with Crippen LogP contribution in [0.15, 0.2) is 77.6 Å². The summed E-state index contributed by atoms with van der Waals surface area (Å²) in [4.78, 5) is 66.2. The van der Waals surface area contributed by atoms with Crippen molar-refractivity contribution in [3.05, 3.63) is 122 Å². The van der Waals surface area contributed by atoms with Gasteiger partial charge in [-0.2, -0.15) is 0 Å². The molecule has 0 unspecified atom stereocenters. The highest BCUT2D eigenvalue weighted by molar-refractivity contribution is 6.31. The van der Waals surface area contributed by atoms with E-state index < -0.39 is 29.6 Å². The van der Waals surface area contributed by atoms with Crippen molar-refractivity contribution in [1.29, 1.82) is 0 Å². The highest BCUT2D eigenvalue weighted by atomic mass is 35.5. The average Bonchev–Trinajstić information content (AvgIpc) is 3.09. The van der Waals surface area contributed by atoms with Crippen molar-refractivity contribution < 1.29 is 33.0 Å². The van der Waals surface area contributed by atoms with Gasteiger partial charge >= 0.3 is 11.9 Å². The van der Waals surface area contributed by atoms with Crippen LogP contribution >= 0.6 is 11.6 Å².